The summed E-state index contributed by atoms with van der Waals surface area (Å²) in [4.78, 5) is 13.3. The molecule has 1 aliphatic heterocycles. The van der Waals surface area contributed by atoms with E-state index in [0.29, 0.717) is 19.8 Å². The van der Waals surface area contributed by atoms with Crippen LogP contribution in [0.3, 0.4) is 0 Å². The molecule has 1 saturated heterocycles. The molecule has 1 saturated carbocycles. The van der Waals surface area contributed by atoms with Crippen LogP contribution in [0.5, 0.6) is 0 Å². The third-order valence-corrected chi connectivity index (χ3v) is 4.83. The fourth-order valence-electron chi connectivity index (χ4n) is 2.84. The van der Waals surface area contributed by atoms with E-state index in [1.807, 2.05) is 17.5 Å². The molecule has 1 N–H and O–H groups in total. The van der Waals surface area contributed by atoms with Crippen molar-refractivity contribution in [1.82, 2.24) is 5.32 Å². The van der Waals surface area contributed by atoms with Crippen molar-refractivity contribution in [3.63, 3.8) is 0 Å². The van der Waals surface area contributed by atoms with E-state index in [1.165, 1.54) is 4.88 Å². The third-order valence-electron chi connectivity index (χ3n) is 3.95. The summed E-state index contributed by atoms with van der Waals surface area (Å²) in [5, 5.41) is 5.05. The maximum Gasteiger partial charge on any atom is 0.223 e. The van der Waals surface area contributed by atoms with Crippen LogP contribution in [0.1, 0.15) is 30.6 Å². The van der Waals surface area contributed by atoms with Crippen LogP contribution < -0.4 is 5.32 Å². The summed E-state index contributed by atoms with van der Waals surface area (Å²) in [5.41, 5.74) is 0. The average molecular weight is 281 g/mol. The van der Waals surface area contributed by atoms with Crippen LogP contribution in [0.4, 0.5) is 0 Å². The van der Waals surface area contributed by atoms with Gasteiger partial charge >= 0.3 is 0 Å². The Morgan fingerprint density at radius 2 is 2.11 bits per heavy atom. The zero-order valence-electron chi connectivity index (χ0n) is 10.9. The average Bonchev–Trinajstić information content (AvgIpc) is 3.09. The lowest BCUT2D eigenvalue weighted by molar-refractivity contribution is -0.183. The Bertz CT molecular complexity index is 416. The first kappa shape index (κ1) is 13.1. The third kappa shape index (κ3) is 2.99. The van der Waals surface area contributed by atoms with Crippen molar-refractivity contribution in [2.75, 3.05) is 13.2 Å². The summed E-state index contributed by atoms with van der Waals surface area (Å²) in [6, 6.07) is 4.05. The van der Waals surface area contributed by atoms with Gasteiger partial charge in [-0.3, -0.25) is 4.79 Å². The predicted octanol–water partition coefficient (Wildman–Crippen LogP) is 2.30. The summed E-state index contributed by atoms with van der Waals surface area (Å²) in [6.45, 7) is 2.02. The minimum atomic E-state index is -0.371. The second-order valence-corrected chi connectivity index (χ2v) is 6.21. The number of hydrogen-bond acceptors (Lipinski definition) is 4. The van der Waals surface area contributed by atoms with E-state index >= 15 is 0 Å². The first-order valence-electron chi connectivity index (χ1n) is 6.85. The zero-order chi connectivity index (χ0) is 13.1. The first-order valence-corrected chi connectivity index (χ1v) is 7.73. The number of hydrogen-bond donors (Lipinski definition) is 1. The highest BCUT2D eigenvalue weighted by Crippen LogP contribution is 2.38. The van der Waals surface area contributed by atoms with Crippen molar-refractivity contribution in [1.29, 1.82) is 0 Å². The molecule has 19 heavy (non-hydrogen) atoms. The molecule has 2 aliphatic rings. The Hall–Kier alpha value is -0.910. The molecular weight excluding hydrogens is 262 g/mol. The molecule has 2 heterocycles. The maximum absolute atomic E-state index is 12.1. The minimum Gasteiger partial charge on any atom is -0.351 e. The number of carbonyl (C=O) groups excluding carboxylic acids is 1. The lowest BCUT2D eigenvalue weighted by atomic mass is 9.84. The van der Waals surface area contributed by atoms with Gasteiger partial charge in [0.1, 0.15) is 0 Å². The van der Waals surface area contributed by atoms with Crippen LogP contribution in [-0.2, 0) is 20.8 Å². The number of rotatable bonds is 3. The SMILES string of the molecule is O=C(NCc1cccs1)C1CCC2(CC1)OCCO2. The molecule has 1 aromatic rings. The molecule has 104 valence electrons. The van der Waals surface area contributed by atoms with Gasteiger partial charge in [-0.15, -0.1) is 11.3 Å². The lowest BCUT2D eigenvalue weighted by Gasteiger charge is -2.34. The normalized spacial score (nSPS) is 22.7. The predicted molar refractivity (Wildman–Crippen MR) is 72.8 cm³/mol. The fourth-order valence-corrected chi connectivity index (χ4v) is 3.48. The second-order valence-electron chi connectivity index (χ2n) is 5.18. The van der Waals surface area contributed by atoms with E-state index in [2.05, 4.69) is 5.32 Å². The van der Waals surface area contributed by atoms with E-state index < -0.39 is 0 Å². The van der Waals surface area contributed by atoms with Gasteiger partial charge in [-0.25, -0.2) is 0 Å². The van der Waals surface area contributed by atoms with E-state index in [1.54, 1.807) is 11.3 Å². The molecule has 4 nitrogen and oxygen atoms in total. The molecule has 0 atom stereocenters. The summed E-state index contributed by atoms with van der Waals surface area (Å²) in [6.07, 6.45) is 3.39. The van der Waals surface area contributed by atoms with Crippen molar-refractivity contribution in [3.8, 4) is 0 Å². The van der Waals surface area contributed by atoms with Crippen LogP contribution in [0.25, 0.3) is 0 Å². The Morgan fingerprint density at radius 3 is 2.74 bits per heavy atom. The van der Waals surface area contributed by atoms with Gasteiger partial charge in [0.2, 0.25) is 5.91 Å². The van der Waals surface area contributed by atoms with Crippen LogP contribution in [0.2, 0.25) is 0 Å². The Labute approximate surface area is 117 Å². The highest BCUT2D eigenvalue weighted by atomic mass is 32.1. The summed E-state index contributed by atoms with van der Waals surface area (Å²) in [7, 11) is 0. The number of nitrogens with one attached hydrogen (secondary N) is 1. The molecule has 5 heteroatoms. The fraction of sp³-hybridized carbons (Fsp3) is 0.643. The Morgan fingerprint density at radius 1 is 1.37 bits per heavy atom. The van der Waals surface area contributed by atoms with Crippen molar-refractivity contribution in [2.24, 2.45) is 5.92 Å². The molecule has 3 rings (SSSR count). The molecular formula is C14H19NO3S. The molecule has 1 spiro atoms. The molecule has 0 bridgehead atoms. The number of ether oxygens (including phenoxy) is 2. The monoisotopic (exact) mass is 281 g/mol. The van der Waals surface area contributed by atoms with Crippen molar-refractivity contribution >= 4 is 17.2 Å². The Balaban J connectivity index is 1.46. The quantitative estimate of drug-likeness (QED) is 0.925. The van der Waals surface area contributed by atoms with E-state index in [0.717, 1.165) is 25.7 Å². The smallest absolute Gasteiger partial charge is 0.223 e. The van der Waals surface area contributed by atoms with Gasteiger partial charge in [0, 0.05) is 23.6 Å². The molecule has 1 amide bonds. The minimum absolute atomic E-state index is 0.110. The van der Waals surface area contributed by atoms with Gasteiger partial charge in [-0.2, -0.15) is 0 Å². The number of thiophene rings is 1. The molecule has 1 aliphatic carbocycles. The number of carbonyl (C=O) groups is 1. The van der Waals surface area contributed by atoms with Crippen molar-refractivity contribution in [3.05, 3.63) is 22.4 Å². The molecule has 0 aromatic carbocycles. The summed E-state index contributed by atoms with van der Waals surface area (Å²) >= 11 is 1.67. The molecule has 0 unspecified atom stereocenters. The number of amides is 1. The van der Waals surface area contributed by atoms with Crippen molar-refractivity contribution in [2.45, 2.75) is 38.0 Å². The standard InChI is InChI=1S/C14H19NO3S/c16-13(15-10-12-2-1-9-19-12)11-3-5-14(6-4-11)17-7-8-18-14/h1-2,9,11H,3-8,10H2,(H,15,16). The van der Waals surface area contributed by atoms with Crippen LogP contribution in [0.15, 0.2) is 17.5 Å². The van der Waals surface area contributed by atoms with Gasteiger partial charge in [0.15, 0.2) is 5.79 Å². The highest BCUT2D eigenvalue weighted by molar-refractivity contribution is 7.09. The van der Waals surface area contributed by atoms with Gasteiger partial charge in [-0.1, -0.05) is 6.07 Å². The van der Waals surface area contributed by atoms with Crippen LogP contribution in [-0.4, -0.2) is 24.9 Å². The summed E-state index contributed by atoms with van der Waals surface area (Å²) < 4.78 is 11.4. The van der Waals surface area contributed by atoms with E-state index in [4.69, 9.17) is 9.47 Å². The van der Waals surface area contributed by atoms with Crippen LogP contribution >= 0.6 is 11.3 Å². The molecule has 2 fully saturated rings. The highest BCUT2D eigenvalue weighted by Gasteiger charge is 2.41. The van der Waals surface area contributed by atoms with E-state index in [9.17, 15) is 4.79 Å². The van der Waals surface area contributed by atoms with Gasteiger partial charge in [-0.05, 0) is 24.3 Å². The largest absolute Gasteiger partial charge is 0.351 e. The summed E-state index contributed by atoms with van der Waals surface area (Å²) in [5.74, 6) is -0.0931. The Kier molecular flexibility index (Phi) is 3.86. The van der Waals surface area contributed by atoms with Gasteiger partial charge < -0.3 is 14.8 Å². The van der Waals surface area contributed by atoms with Gasteiger partial charge in [0.05, 0.1) is 19.8 Å². The first-order chi connectivity index (χ1) is 9.27. The van der Waals surface area contributed by atoms with Crippen molar-refractivity contribution < 1.29 is 14.3 Å². The second kappa shape index (κ2) is 5.61. The van der Waals surface area contributed by atoms with Crippen LogP contribution in [0, 0.1) is 5.92 Å². The van der Waals surface area contributed by atoms with Gasteiger partial charge in [0.25, 0.3) is 0 Å². The molecule has 0 radical (unpaired) electrons. The maximum atomic E-state index is 12.1. The topological polar surface area (TPSA) is 47.6 Å². The molecule has 1 aromatic heterocycles. The zero-order valence-corrected chi connectivity index (χ0v) is 11.7. The van der Waals surface area contributed by atoms with E-state index in [-0.39, 0.29) is 17.6 Å². The lowest BCUT2D eigenvalue weighted by Crippen LogP contribution is -2.40.